The van der Waals surface area contributed by atoms with Gasteiger partial charge in [-0.15, -0.1) is 0 Å². The number of allylic oxidation sites excluding steroid dienone is 1. The number of anilines is 1. The Bertz CT molecular complexity index is 430. The van der Waals surface area contributed by atoms with Gasteiger partial charge in [0.1, 0.15) is 0 Å². The number of hydrogen-bond donors (Lipinski definition) is 1. The molecule has 0 saturated carbocycles. The highest BCUT2D eigenvalue weighted by molar-refractivity contribution is 5.43. The summed E-state index contributed by atoms with van der Waals surface area (Å²) in [6.45, 7) is 7.71. The van der Waals surface area contributed by atoms with E-state index in [-0.39, 0.29) is 0 Å². The van der Waals surface area contributed by atoms with Gasteiger partial charge in [0.25, 0.3) is 0 Å². The Morgan fingerprint density at radius 3 is 2.70 bits per heavy atom. The van der Waals surface area contributed by atoms with Gasteiger partial charge in [0.15, 0.2) is 0 Å². The first-order valence-corrected chi connectivity index (χ1v) is 7.29. The summed E-state index contributed by atoms with van der Waals surface area (Å²) < 4.78 is 5.07. The zero-order valence-corrected chi connectivity index (χ0v) is 12.7. The van der Waals surface area contributed by atoms with Crippen molar-refractivity contribution < 1.29 is 4.74 Å². The molecule has 110 valence electrons. The lowest BCUT2D eigenvalue weighted by molar-refractivity contribution is 0.240. The normalized spacial score (nSPS) is 16.8. The Morgan fingerprint density at radius 1 is 1.40 bits per heavy atom. The molecular weight excluding hydrogens is 250 g/mol. The van der Waals surface area contributed by atoms with Crippen LogP contribution in [0.2, 0.25) is 0 Å². The second-order valence-electron chi connectivity index (χ2n) is 5.59. The van der Waals surface area contributed by atoms with Gasteiger partial charge < -0.3 is 10.1 Å². The fourth-order valence-corrected chi connectivity index (χ4v) is 2.39. The smallest absolute Gasteiger partial charge is 0.213 e. The summed E-state index contributed by atoms with van der Waals surface area (Å²) in [5, 5.41) is 3.56. The Hall–Kier alpha value is -1.55. The van der Waals surface area contributed by atoms with Crippen molar-refractivity contribution in [2.24, 2.45) is 0 Å². The number of ether oxygens (including phenoxy) is 1. The first-order chi connectivity index (χ1) is 9.67. The Balaban J connectivity index is 1.77. The molecule has 1 fully saturated rings. The first-order valence-electron chi connectivity index (χ1n) is 7.29. The number of aromatic nitrogens is 1. The maximum atomic E-state index is 5.07. The minimum Gasteiger partial charge on any atom is -0.481 e. The molecule has 1 N–H and O–H groups in total. The van der Waals surface area contributed by atoms with E-state index in [0.717, 1.165) is 25.3 Å². The topological polar surface area (TPSA) is 37.4 Å². The van der Waals surface area contributed by atoms with Gasteiger partial charge in [-0.1, -0.05) is 11.6 Å². The van der Waals surface area contributed by atoms with Gasteiger partial charge in [-0.3, -0.25) is 4.90 Å². The molecule has 0 bridgehead atoms. The van der Waals surface area contributed by atoms with Crippen molar-refractivity contribution >= 4 is 5.69 Å². The van der Waals surface area contributed by atoms with Crippen molar-refractivity contribution in [1.82, 2.24) is 9.88 Å². The first kappa shape index (κ1) is 14.9. The van der Waals surface area contributed by atoms with Crippen molar-refractivity contribution in [3.8, 4) is 5.88 Å². The third-order valence-corrected chi connectivity index (χ3v) is 3.66. The molecule has 0 radical (unpaired) electrons. The van der Waals surface area contributed by atoms with Crippen molar-refractivity contribution in [3.05, 3.63) is 30.0 Å². The number of pyridine rings is 1. The van der Waals surface area contributed by atoms with E-state index in [1.165, 1.54) is 18.4 Å². The van der Waals surface area contributed by atoms with E-state index in [2.05, 4.69) is 35.1 Å². The molecule has 4 heteroatoms. The molecular formula is C16H25N3O. The maximum absolute atomic E-state index is 5.07. The second-order valence-corrected chi connectivity index (χ2v) is 5.59. The van der Waals surface area contributed by atoms with Crippen LogP contribution in [0.25, 0.3) is 0 Å². The van der Waals surface area contributed by atoms with E-state index >= 15 is 0 Å². The summed E-state index contributed by atoms with van der Waals surface area (Å²) in [6.07, 6.45) is 6.51. The number of rotatable bonds is 5. The predicted molar refractivity (Wildman–Crippen MR) is 83.3 cm³/mol. The number of nitrogens with zero attached hydrogens (tertiary/aromatic N) is 2. The van der Waals surface area contributed by atoms with Crippen LogP contribution in [0.3, 0.4) is 0 Å². The van der Waals surface area contributed by atoms with E-state index in [9.17, 15) is 0 Å². The van der Waals surface area contributed by atoms with Gasteiger partial charge in [-0.05, 0) is 32.8 Å². The van der Waals surface area contributed by atoms with Crippen LogP contribution in [0.15, 0.2) is 30.0 Å². The van der Waals surface area contributed by atoms with Gasteiger partial charge >= 0.3 is 0 Å². The van der Waals surface area contributed by atoms with Crippen molar-refractivity contribution in [1.29, 1.82) is 0 Å². The lowest BCUT2D eigenvalue weighted by Crippen LogP contribution is -2.39. The molecule has 1 aromatic heterocycles. The number of methoxy groups -OCH3 is 1. The zero-order valence-electron chi connectivity index (χ0n) is 12.7. The van der Waals surface area contributed by atoms with E-state index < -0.39 is 0 Å². The van der Waals surface area contributed by atoms with Crippen LogP contribution in [-0.4, -0.2) is 42.7 Å². The minimum atomic E-state index is 0.549. The minimum absolute atomic E-state index is 0.549. The van der Waals surface area contributed by atoms with Gasteiger partial charge in [-0.2, -0.15) is 0 Å². The molecule has 0 spiro atoms. The average Bonchev–Trinajstić information content (AvgIpc) is 2.47. The van der Waals surface area contributed by atoms with Crippen LogP contribution < -0.4 is 10.1 Å². The summed E-state index contributed by atoms with van der Waals surface area (Å²) in [5.74, 6) is 0.659. The van der Waals surface area contributed by atoms with Crippen molar-refractivity contribution in [3.63, 3.8) is 0 Å². The standard InChI is InChI=1S/C16H25N3O/c1-13(2)6-9-19-10-7-14(8-11-19)18-15-4-5-16(20-3)17-12-15/h4-6,12,14,18H,7-11H2,1-3H3. The number of hydrogen-bond acceptors (Lipinski definition) is 4. The van der Waals surface area contributed by atoms with Crippen LogP contribution in [0.5, 0.6) is 5.88 Å². The predicted octanol–water partition coefficient (Wildman–Crippen LogP) is 2.93. The summed E-state index contributed by atoms with van der Waals surface area (Å²) in [5.41, 5.74) is 2.48. The monoisotopic (exact) mass is 275 g/mol. The molecule has 0 amide bonds. The Kier molecular flexibility index (Phi) is 5.41. The van der Waals surface area contributed by atoms with E-state index in [4.69, 9.17) is 4.74 Å². The van der Waals surface area contributed by atoms with E-state index in [0.29, 0.717) is 11.9 Å². The lowest BCUT2D eigenvalue weighted by Gasteiger charge is -2.32. The van der Waals surface area contributed by atoms with Crippen LogP contribution in [-0.2, 0) is 0 Å². The lowest BCUT2D eigenvalue weighted by atomic mass is 10.0. The summed E-state index contributed by atoms with van der Waals surface area (Å²) in [6, 6.07) is 4.47. The van der Waals surface area contributed by atoms with Crippen molar-refractivity contribution in [2.45, 2.75) is 32.7 Å². The molecule has 20 heavy (non-hydrogen) atoms. The molecule has 0 atom stereocenters. The average molecular weight is 275 g/mol. The molecule has 1 saturated heterocycles. The second kappa shape index (κ2) is 7.29. The Morgan fingerprint density at radius 2 is 2.15 bits per heavy atom. The number of likely N-dealkylation sites (tertiary alicyclic amines) is 1. The van der Waals surface area contributed by atoms with Gasteiger partial charge in [0, 0.05) is 31.7 Å². The third-order valence-electron chi connectivity index (χ3n) is 3.66. The van der Waals surface area contributed by atoms with Gasteiger partial charge in [-0.25, -0.2) is 4.98 Å². The number of piperidine rings is 1. The molecule has 1 aromatic rings. The van der Waals surface area contributed by atoms with Crippen molar-refractivity contribution in [2.75, 3.05) is 32.1 Å². The quantitative estimate of drug-likeness (QED) is 0.838. The molecule has 2 heterocycles. The highest BCUT2D eigenvalue weighted by atomic mass is 16.5. The van der Waals surface area contributed by atoms with Crippen LogP contribution in [0.1, 0.15) is 26.7 Å². The highest BCUT2D eigenvalue weighted by Gasteiger charge is 2.18. The third kappa shape index (κ3) is 4.53. The molecule has 0 unspecified atom stereocenters. The SMILES string of the molecule is COc1ccc(NC2CCN(CC=C(C)C)CC2)cn1. The largest absolute Gasteiger partial charge is 0.481 e. The van der Waals surface area contributed by atoms with Crippen LogP contribution in [0.4, 0.5) is 5.69 Å². The van der Waals surface area contributed by atoms with Gasteiger partial charge in [0.05, 0.1) is 19.0 Å². The molecule has 1 aliphatic rings. The van der Waals surface area contributed by atoms with E-state index in [1.54, 1.807) is 7.11 Å². The number of nitrogens with one attached hydrogen (secondary N) is 1. The summed E-state index contributed by atoms with van der Waals surface area (Å²) >= 11 is 0. The molecule has 2 rings (SSSR count). The fourth-order valence-electron chi connectivity index (χ4n) is 2.39. The highest BCUT2D eigenvalue weighted by Crippen LogP contribution is 2.17. The summed E-state index contributed by atoms with van der Waals surface area (Å²) in [7, 11) is 1.64. The van der Waals surface area contributed by atoms with Crippen LogP contribution in [0, 0.1) is 0 Å². The summed E-state index contributed by atoms with van der Waals surface area (Å²) in [4.78, 5) is 6.73. The maximum Gasteiger partial charge on any atom is 0.213 e. The molecule has 0 aromatic carbocycles. The fraction of sp³-hybridized carbons (Fsp3) is 0.562. The molecule has 0 aliphatic carbocycles. The Labute approximate surface area is 121 Å². The molecule has 4 nitrogen and oxygen atoms in total. The zero-order chi connectivity index (χ0) is 14.4. The van der Waals surface area contributed by atoms with Crippen LogP contribution >= 0.6 is 0 Å². The van der Waals surface area contributed by atoms with E-state index in [1.807, 2.05) is 18.3 Å². The molecule has 1 aliphatic heterocycles. The van der Waals surface area contributed by atoms with Gasteiger partial charge in [0.2, 0.25) is 5.88 Å².